The molecule has 5 heteroatoms. The van der Waals surface area contributed by atoms with E-state index in [0.29, 0.717) is 11.5 Å². The second kappa shape index (κ2) is 6.50. The SMILES string of the molecule is O=C(O)CC(O)CSCc1ccc(F)cc1. The lowest BCUT2D eigenvalue weighted by molar-refractivity contribution is -0.138. The third-order valence-corrected chi connectivity index (χ3v) is 3.06. The van der Waals surface area contributed by atoms with Crippen molar-refractivity contribution >= 4 is 17.7 Å². The van der Waals surface area contributed by atoms with Crippen LogP contribution in [-0.2, 0) is 10.5 Å². The van der Waals surface area contributed by atoms with Crippen LogP contribution in [0, 0.1) is 5.82 Å². The normalized spacial score (nSPS) is 12.4. The first-order valence-corrected chi connectivity index (χ1v) is 5.95. The molecular formula is C11H13FO3S. The number of benzene rings is 1. The van der Waals surface area contributed by atoms with E-state index < -0.39 is 12.1 Å². The van der Waals surface area contributed by atoms with Gasteiger partial charge in [0.15, 0.2) is 0 Å². The topological polar surface area (TPSA) is 57.5 Å². The highest BCUT2D eigenvalue weighted by molar-refractivity contribution is 7.98. The molecule has 1 unspecified atom stereocenters. The quantitative estimate of drug-likeness (QED) is 0.802. The Hall–Kier alpha value is -1.07. The fourth-order valence-electron chi connectivity index (χ4n) is 1.15. The molecule has 0 aliphatic rings. The maximum Gasteiger partial charge on any atom is 0.306 e. The van der Waals surface area contributed by atoms with Crippen molar-refractivity contribution in [1.82, 2.24) is 0 Å². The number of aliphatic carboxylic acids is 1. The Bertz CT molecular complexity index is 340. The molecule has 0 saturated carbocycles. The van der Waals surface area contributed by atoms with Crippen LogP contribution < -0.4 is 0 Å². The second-order valence-electron chi connectivity index (χ2n) is 3.39. The van der Waals surface area contributed by atoms with Gasteiger partial charge in [-0.2, -0.15) is 11.8 Å². The molecule has 0 spiro atoms. The van der Waals surface area contributed by atoms with E-state index in [1.165, 1.54) is 23.9 Å². The maximum atomic E-state index is 12.6. The smallest absolute Gasteiger partial charge is 0.306 e. The summed E-state index contributed by atoms with van der Waals surface area (Å²) in [5.41, 5.74) is 0.953. The third-order valence-electron chi connectivity index (χ3n) is 1.90. The van der Waals surface area contributed by atoms with E-state index in [4.69, 9.17) is 5.11 Å². The van der Waals surface area contributed by atoms with Gasteiger partial charge in [0.1, 0.15) is 5.82 Å². The average Bonchev–Trinajstić information content (AvgIpc) is 2.20. The van der Waals surface area contributed by atoms with Crippen molar-refractivity contribution < 1.29 is 19.4 Å². The van der Waals surface area contributed by atoms with Gasteiger partial charge in [-0.3, -0.25) is 4.79 Å². The molecule has 0 saturated heterocycles. The molecular weight excluding hydrogens is 231 g/mol. The lowest BCUT2D eigenvalue weighted by Gasteiger charge is -2.07. The van der Waals surface area contributed by atoms with Gasteiger partial charge in [0.2, 0.25) is 0 Å². The Morgan fingerprint density at radius 2 is 2.00 bits per heavy atom. The van der Waals surface area contributed by atoms with Gasteiger partial charge in [-0.1, -0.05) is 12.1 Å². The van der Waals surface area contributed by atoms with Crippen LogP contribution in [0.3, 0.4) is 0 Å². The number of halogens is 1. The predicted octanol–water partition coefficient (Wildman–Crippen LogP) is 1.89. The standard InChI is InChI=1S/C11H13FO3S/c12-9-3-1-8(2-4-9)6-16-7-10(13)5-11(14)15/h1-4,10,13H,5-7H2,(H,14,15). The minimum absolute atomic E-state index is 0.240. The number of aliphatic hydroxyl groups excluding tert-OH is 1. The minimum Gasteiger partial charge on any atom is -0.481 e. The molecule has 0 bridgehead atoms. The zero-order valence-electron chi connectivity index (χ0n) is 8.60. The summed E-state index contributed by atoms with van der Waals surface area (Å²) in [7, 11) is 0. The number of hydrogen-bond donors (Lipinski definition) is 2. The molecule has 88 valence electrons. The van der Waals surface area contributed by atoms with Crippen LogP contribution in [0.5, 0.6) is 0 Å². The van der Waals surface area contributed by atoms with Crippen LogP contribution >= 0.6 is 11.8 Å². The molecule has 0 aliphatic heterocycles. The highest BCUT2D eigenvalue weighted by Crippen LogP contribution is 2.14. The van der Waals surface area contributed by atoms with E-state index in [9.17, 15) is 14.3 Å². The van der Waals surface area contributed by atoms with Gasteiger partial charge >= 0.3 is 5.97 Å². The van der Waals surface area contributed by atoms with Crippen molar-refractivity contribution in [1.29, 1.82) is 0 Å². The summed E-state index contributed by atoms with van der Waals surface area (Å²) < 4.78 is 12.6. The Balaban J connectivity index is 2.25. The number of carbonyl (C=O) groups is 1. The number of thioether (sulfide) groups is 1. The van der Waals surface area contributed by atoms with Crippen LogP contribution in [0.15, 0.2) is 24.3 Å². The van der Waals surface area contributed by atoms with Gasteiger partial charge in [0.05, 0.1) is 12.5 Å². The van der Waals surface area contributed by atoms with Crippen LogP contribution in [-0.4, -0.2) is 28.0 Å². The molecule has 0 fully saturated rings. The molecule has 3 nitrogen and oxygen atoms in total. The summed E-state index contributed by atoms with van der Waals surface area (Å²) in [4.78, 5) is 10.3. The molecule has 0 radical (unpaired) electrons. The summed E-state index contributed by atoms with van der Waals surface area (Å²) in [5, 5.41) is 17.7. The van der Waals surface area contributed by atoms with Crippen molar-refractivity contribution in [2.75, 3.05) is 5.75 Å². The van der Waals surface area contributed by atoms with E-state index in [1.54, 1.807) is 12.1 Å². The summed E-state index contributed by atoms with van der Waals surface area (Å²) in [5.74, 6) is -0.282. The highest BCUT2D eigenvalue weighted by atomic mass is 32.2. The van der Waals surface area contributed by atoms with Gasteiger partial charge < -0.3 is 10.2 Å². The molecule has 0 amide bonds. The largest absolute Gasteiger partial charge is 0.481 e. The maximum absolute atomic E-state index is 12.6. The Kier molecular flexibility index (Phi) is 5.28. The minimum atomic E-state index is -1.00. The summed E-state index contributed by atoms with van der Waals surface area (Å²) in [6, 6.07) is 6.10. The van der Waals surface area contributed by atoms with Gasteiger partial charge in [-0.05, 0) is 17.7 Å². The van der Waals surface area contributed by atoms with Gasteiger partial charge in [0, 0.05) is 11.5 Å². The average molecular weight is 244 g/mol. The molecule has 1 aromatic carbocycles. The van der Waals surface area contributed by atoms with Crippen LogP contribution in [0.25, 0.3) is 0 Å². The number of aliphatic hydroxyl groups is 1. The summed E-state index contributed by atoms with van der Waals surface area (Å²) >= 11 is 1.43. The molecule has 1 rings (SSSR count). The third kappa shape index (κ3) is 5.14. The predicted molar refractivity (Wildman–Crippen MR) is 60.8 cm³/mol. The lowest BCUT2D eigenvalue weighted by atomic mass is 10.2. The molecule has 1 aromatic rings. The zero-order valence-corrected chi connectivity index (χ0v) is 9.41. The van der Waals surface area contributed by atoms with E-state index in [2.05, 4.69) is 0 Å². The Labute approximate surface area is 97.3 Å². The molecule has 2 N–H and O–H groups in total. The Morgan fingerprint density at radius 3 is 2.56 bits per heavy atom. The number of carboxylic acid groups (broad SMARTS) is 1. The first kappa shape index (κ1) is 13.0. The van der Waals surface area contributed by atoms with Gasteiger partial charge in [-0.25, -0.2) is 4.39 Å². The summed E-state index contributed by atoms with van der Waals surface area (Å²) in [6.45, 7) is 0. The molecule has 1 atom stereocenters. The first-order chi connectivity index (χ1) is 7.58. The highest BCUT2D eigenvalue weighted by Gasteiger charge is 2.09. The van der Waals surface area contributed by atoms with Crippen molar-refractivity contribution in [3.63, 3.8) is 0 Å². The fraction of sp³-hybridized carbons (Fsp3) is 0.364. The summed E-state index contributed by atoms with van der Waals surface area (Å²) in [6.07, 6.45) is -1.07. The van der Waals surface area contributed by atoms with Gasteiger partial charge in [-0.15, -0.1) is 0 Å². The van der Waals surface area contributed by atoms with Crippen molar-refractivity contribution in [2.24, 2.45) is 0 Å². The number of carboxylic acids is 1. The number of hydrogen-bond acceptors (Lipinski definition) is 3. The lowest BCUT2D eigenvalue weighted by Crippen LogP contribution is -2.15. The fourth-order valence-corrected chi connectivity index (χ4v) is 2.09. The monoisotopic (exact) mass is 244 g/mol. The van der Waals surface area contributed by atoms with E-state index in [1.807, 2.05) is 0 Å². The Morgan fingerprint density at radius 1 is 1.38 bits per heavy atom. The van der Waals surface area contributed by atoms with Crippen LogP contribution in [0.4, 0.5) is 4.39 Å². The molecule has 16 heavy (non-hydrogen) atoms. The van der Waals surface area contributed by atoms with Crippen LogP contribution in [0.1, 0.15) is 12.0 Å². The van der Waals surface area contributed by atoms with E-state index in [-0.39, 0.29) is 12.2 Å². The van der Waals surface area contributed by atoms with E-state index in [0.717, 1.165) is 5.56 Å². The van der Waals surface area contributed by atoms with Crippen LogP contribution in [0.2, 0.25) is 0 Å². The van der Waals surface area contributed by atoms with Gasteiger partial charge in [0.25, 0.3) is 0 Å². The second-order valence-corrected chi connectivity index (χ2v) is 4.42. The van der Waals surface area contributed by atoms with Crippen molar-refractivity contribution in [3.8, 4) is 0 Å². The molecule has 0 heterocycles. The molecule has 0 aromatic heterocycles. The zero-order chi connectivity index (χ0) is 12.0. The van der Waals surface area contributed by atoms with Crippen molar-refractivity contribution in [2.45, 2.75) is 18.3 Å². The first-order valence-electron chi connectivity index (χ1n) is 4.80. The number of rotatable bonds is 6. The van der Waals surface area contributed by atoms with Crippen molar-refractivity contribution in [3.05, 3.63) is 35.6 Å². The van der Waals surface area contributed by atoms with E-state index >= 15 is 0 Å². The molecule has 0 aliphatic carbocycles.